The lowest BCUT2D eigenvalue weighted by Crippen LogP contribution is -2.50. The standard InChI is InChI=1S/C27H35N3O7S/c1-17-14-30(18(2)16-31)27(33)23-13-20(28-26(32)19-5-6-19)7-12-24(23)37-25(17)15-29(3)38(34,35)22-10-8-21(36-4)9-11-22/h7-13,17-19,25,31H,5-6,14-16H2,1-4H3,(H,28,32)/t17-,18+,25-/m1/s1. The fraction of sp³-hybridized carbons (Fsp3) is 0.481. The lowest BCUT2D eigenvalue weighted by molar-refractivity contribution is -0.117. The number of likely N-dealkylation sites (N-methyl/N-ethyl adjacent to an activating group) is 1. The summed E-state index contributed by atoms with van der Waals surface area (Å²) in [6.45, 7) is 3.69. The molecule has 1 aliphatic heterocycles. The molecule has 0 aromatic heterocycles. The quantitative estimate of drug-likeness (QED) is 0.496. The summed E-state index contributed by atoms with van der Waals surface area (Å²) >= 11 is 0. The molecule has 38 heavy (non-hydrogen) atoms. The van der Waals surface area contributed by atoms with E-state index < -0.39 is 22.2 Å². The summed E-state index contributed by atoms with van der Waals surface area (Å²) in [7, 11) is -0.822. The van der Waals surface area contributed by atoms with Crippen LogP contribution in [0, 0.1) is 11.8 Å². The first kappa shape index (κ1) is 27.9. The topological polar surface area (TPSA) is 125 Å². The molecule has 3 atom stereocenters. The van der Waals surface area contributed by atoms with Crippen LogP contribution >= 0.6 is 0 Å². The number of benzene rings is 2. The van der Waals surface area contributed by atoms with Gasteiger partial charge in [0.1, 0.15) is 17.6 Å². The van der Waals surface area contributed by atoms with Crippen molar-refractivity contribution in [2.45, 2.75) is 43.7 Å². The predicted octanol–water partition coefficient (Wildman–Crippen LogP) is 2.58. The smallest absolute Gasteiger partial charge is 0.258 e. The number of hydrogen-bond acceptors (Lipinski definition) is 7. The van der Waals surface area contributed by atoms with Gasteiger partial charge in [-0.25, -0.2) is 8.42 Å². The monoisotopic (exact) mass is 545 g/mol. The van der Waals surface area contributed by atoms with Gasteiger partial charge in [0.15, 0.2) is 0 Å². The minimum absolute atomic E-state index is 0.00305. The highest BCUT2D eigenvalue weighted by Gasteiger charge is 2.36. The molecule has 0 radical (unpaired) electrons. The van der Waals surface area contributed by atoms with Crippen LogP contribution in [0.3, 0.4) is 0 Å². The van der Waals surface area contributed by atoms with Crippen molar-refractivity contribution in [2.24, 2.45) is 11.8 Å². The van der Waals surface area contributed by atoms with Crippen LogP contribution in [0.15, 0.2) is 47.4 Å². The Hall–Kier alpha value is -3.15. The van der Waals surface area contributed by atoms with Crippen LogP contribution in [0.25, 0.3) is 0 Å². The van der Waals surface area contributed by atoms with E-state index in [-0.39, 0.29) is 53.8 Å². The summed E-state index contributed by atoms with van der Waals surface area (Å²) in [4.78, 5) is 27.5. The molecular formula is C27H35N3O7S. The molecule has 4 rings (SSSR count). The lowest BCUT2D eigenvalue weighted by Gasteiger charge is -2.38. The minimum atomic E-state index is -3.82. The molecule has 0 bridgehead atoms. The van der Waals surface area contributed by atoms with Gasteiger partial charge >= 0.3 is 0 Å². The Labute approximate surface area is 223 Å². The van der Waals surface area contributed by atoms with Crippen molar-refractivity contribution in [2.75, 3.05) is 39.2 Å². The number of sulfonamides is 1. The molecule has 2 aliphatic rings. The highest BCUT2D eigenvalue weighted by molar-refractivity contribution is 7.89. The first-order valence-corrected chi connectivity index (χ1v) is 14.1. The molecule has 1 saturated carbocycles. The molecule has 2 amide bonds. The Balaban J connectivity index is 1.63. The van der Waals surface area contributed by atoms with Crippen molar-refractivity contribution < 1.29 is 32.6 Å². The highest BCUT2D eigenvalue weighted by atomic mass is 32.2. The zero-order valence-electron chi connectivity index (χ0n) is 22.1. The molecule has 0 spiro atoms. The number of ether oxygens (including phenoxy) is 2. The maximum atomic E-state index is 13.6. The van der Waals surface area contributed by atoms with E-state index in [0.29, 0.717) is 17.2 Å². The van der Waals surface area contributed by atoms with Crippen molar-refractivity contribution in [3.63, 3.8) is 0 Å². The average Bonchev–Trinajstić information content (AvgIpc) is 3.76. The molecule has 2 N–H and O–H groups in total. The van der Waals surface area contributed by atoms with Gasteiger partial charge in [0, 0.05) is 31.1 Å². The lowest BCUT2D eigenvalue weighted by atomic mass is 9.99. The highest BCUT2D eigenvalue weighted by Crippen LogP contribution is 2.33. The summed E-state index contributed by atoms with van der Waals surface area (Å²) in [5.41, 5.74) is 0.732. The second kappa shape index (κ2) is 11.3. The van der Waals surface area contributed by atoms with Gasteiger partial charge < -0.3 is 24.8 Å². The first-order chi connectivity index (χ1) is 18.0. The predicted molar refractivity (Wildman–Crippen MR) is 142 cm³/mol. The first-order valence-electron chi connectivity index (χ1n) is 12.7. The van der Waals surface area contributed by atoms with Gasteiger partial charge in [-0.15, -0.1) is 0 Å². The summed E-state index contributed by atoms with van der Waals surface area (Å²) in [5, 5.41) is 12.7. The maximum Gasteiger partial charge on any atom is 0.258 e. The zero-order chi connectivity index (χ0) is 27.6. The number of anilines is 1. The Morgan fingerprint density at radius 2 is 1.92 bits per heavy atom. The van der Waals surface area contributed by atoms with E-state index in [0.717, 1.165) is 12.8 Å². The third kappa shape index (κ3) is 5.95. The van der Waals surface area contributed by atoms with E-state index in [4.69, 9.17) is 9.47 Å². The Bertz CT molecular complexity index is 1280. The number of aliphatic hydroxyl groups is 1. The number of carbonyl (C=O) groups excluding carboxylic acids is 2. The molecule has 10 nitrogen and oxygen atoms in total. The average molecular weight is 546 g/mol. The van der Waals surface area contributed by atoms with Crippen LogP contribution in [0.5, 0.6) is 11.5 Å². The molecule has 2 aromatic rings. The van der Waals surface area contributed by atoms with E-state index in [1.165, 1.54) is 30.6 Å². The number of methoxy groups -OCH3 is 1. The van der Waals surface area contributed by atoms with Gasteiger partial charge in [0.2, 0.25) is 15.9 Å². The molecule has 1 aliphatic carbocycles. The van der Waals surface area contributed by atoms with Crippen LogP contribution in [0.1, 0.15) is 37.0 Å². The fourth-order valence-electron chi connectivity index (χ4n) is 4.39. The van der Waals surface area contributed by atoms with Crippen molar-refractivity contribution in [3.05, 3.63) is 48.0 Å². The SMILES string of the molecule is COc1ccc(S(=O)(=O)N(C)C[C@H]2Oc3ccc(NC(=O)C4CC4)cc3C(=O)N([C@@H](C)CO)C[C@H]2C)cc1. The Kier molecular flexibility index (Phi) is 8.29. The number of carbonyl (C=O) groups is 2. The van der Waals surface area contributed by atoms with Crippen LogP contribution in [-0.4, -0.2) is 80.5 Å². The summed E-state index contributed by atoms with van der Waals surface area (Å²) < 4.78 is 39.2. The molecule has 206 valence electrons. The fourth-order valence-corrected chi connectivity index (χ4v) is 5.57. The third-order valence-electron chi connectivity index (χ3n) is 7.09. The number of hydrogen-bond donors (Lipinski definition) is 2. The van der Waals surface area contributed by atoms with Gasteiger partial charge in [0.25, 0.3) is 5.91 Å². The number of nitrogens with one attached hydrogen (secondary N) is 1. The van der Waals surface area contributed by atoms with Crippen molar-refractivity contribution in [1.29, 1.82) is 0 Å². The number of aliphatic hydroxyl groups excluding tert-OH is 1. The summed E-state index contributed by atoms with van der Waals surface area (Å²) in [6.07, 6.45) is 1.11. The molecule has 0 saturated heterocycles. The van der Waals surface area contributed by atoms with Gasteiger partial charge in [0.05, 0.1) is 36.8 Å². The molecule has 1 fully saturated rings. The van der Waals surface area contributed by atoms with Crippen LogP contribution in [0.4, 0.5) is 5.69 Å². The second-order valence-corrected chi connectivity index (χ2v) is 12.1. The second-order valence-electron chi connectivity index (χ2n) is 10.1. The molecule has 2 aromatic carbocycles. The summed E-state index contributed by atoms with van der Waals surface area (Å²) in [6, 6.07) is 10.6. The van der Waals surface area contributed by atoms with Crippen LogP contribution < -0.4 is 14.8 Å². The molecule has 11 heteroatoms. The van der Waals surface area contributed by atoms with Crippen LogP contribution in [-0.2, 0) is 14.8 Å². The van der Waals surface area contributed by atoms with E-state index >= 15 is 0 Å². The molecule has 1 heterocycles. The number of fused-ring (bicyclic) bond motifs is 1. The van der Waals surface area contributed by atoms with E-state index in [2.05, 4.69) is 5.32 Å². The molecule has 0 unspecified atom stereocenters. The van der Waals surface area contributed by atoms with Crippen LogP contribution in [0.2, 0.25) is 0 Å². The number of nitrogens with zero attached hydrogens (tertiary/aromatic N) is 2. The van der Waals surface area contributed by atoms with Gasteiger partial charge in [-0.05, 0) is 62.2 Å². The Morgan fingerprint density at radius 1 is 1.24 bits per heavy atom. The van der Waals surface area contributed by atoms with Gasteiger partial charge in [-0.3, -0.25) is 9.59 Å². The Morgan fingerprint density at radius 3 is 2.53 bits per heavy atom. The van der Waals surface area contributed by atoms with Gasteiger partial charge in [-0.2, -0.15) is 4.31 Å². The van der Waals surface area contributed by atoms with E-state index in [1.54, 1.807) is 42.2 Å². The third-order valence-corrected chi connectivity index (χ3v) is 8.92. The number of amides is 2. The zero-order valence-corrected chi connectivity index (χ0v) is 22.9. The number of rotatable bonds is 9. The maximum absolute atomic E-state index is 13.6. The summed E-state index contributed by atoms with van der Waals surface area (Å²) in [5.74, 6) is 0.180. The normalized spacial score (nSPS) is 20.7. The van der Waals surface area contributed by atoms with Gasteiger partial charge in [-0.1, -0.05) is 6.92 Å². The van der Waals surface area contributed by atoms with Crippen molar-refractivity contribution in [3.8, 4) is 11.5 Å². The van der Waals surface area contributed by atoms with Crippen molar-refractivity contribution in [1.82, 2.24) is 9.21 Å². The van der Waals surface area contributed by atoms with E-state index in [1.807, 2.05) is 6.92 Å². The van der Waals surface area contributed by atoms with Crippen molar-refractivity contribution >= 4 is 27.5 Å². The molecular weight excluding hydrogens is 510 g/mol. The largest absolute Gasteiger partial charge is 0.497 e. The minimum Gasteiger partial charge on any atom is -0.497 e. The van der Waals surface area contributed by atoms with E-state index in [9.17, 15) is 23.1 Å².